The molecule has 124 valence electrons. The largest absolute Gasteiger partial charge is 0.390 e. The van der Waals surface area contributed by atoms with Gasteiger partial charge in [-0.05, 0) is 20.4 Å². The lowest BCUT2D eigenvalue weighted by molar-refractivity contribution is 0.0575. The van der Waals surface area contributed by atoms with Gasteiger partial charge in [0.15, 0.2) is 5.16 Å². The molecule has 2 heterocycles. The molecule has 6 nitrogen and oxygen atoms in total. The van der Waals surface area contributed by atoms with Gasteiger partial charge in [0.2, 0.25) is 0 Å². The van der Waals surface area contributed by atoms with Gasteiger partial charge in [0, 0.05) is 63.8 Å². The Hall–Kier alpha value is -0.730. The SMILES string of the molecule is CSc1ncc(CN2CCN(C[C@H](O)CN(C)C)CC2)cn1. The average molecular weight is 325 g/mol. The van der Waals surface area contributed by atoms with Crippen LogP contribution in [-0.4, -0.2) is 95.5 Å². The van der Waals surface area contributed by atoms with Crippen molar-refractivity contribution in [2.75, 3.05) is 59.6 Å². The predicted octanol–water partition coefficient (Wildman–Crippen LogP) is 0.239. The minimum atomic E-state index is -0.269. The van der Waals surface area contributed by atoms with Crippen LogP contribution >= 0.6 is 11.8 Å². The standard InChI is InChI=1S/C15H27N5OS/c1-18(2)11-14(21)12-20-6-4-19(5-7-20)10-13-8-16-15(22-3)17-9-13/h8-9,14,21H,4-7,10-12H2,1-3H3/t14-/m1/s1. The summed E-state index contributed by atoms with van der Waals surface area (Å²) in [6, 6.07) is 0. The highest BCUT2D eigenvalue weighted by atomic mass is 32.2. The van der Waals surface area contributed by atoms with Crippen LogP contribution in [0.25, 0.3) is 0 Å². The summed E-state index contributed by atoms with van der Waals surface area (Å²) in [6.07, 6.45) is 5.56. The summed E-state index contributed by atoms with van der Waals surface area (Å²) in [5.41, 5.74) is 1.17. The normalized spacial score (nSPS) is 18.8. The van der Waals surface area contributed by atoms with Crippen molar-refractivity contribution in [1.29, 1.82) is 0 Å². The van der Waals surface area contributed by atoms with Gasteiger partial charge >= 0.3 is 0 Å². The van der Waals surface area contributed by atoms with Crippen LogP contribution in [0.5, 0.6) is 0 Å². The zero-order chi connectivity index (χ0) is 15.9. The number of aliphatic hydroxyl groups excluding tert-OH is 1. The minimum absolute atomic E-state index is 0.269. The van der Waals surface area contributed by atoms with Crippen molar-refractivity contribution in [1.82, 2.24) is 24.7 Å². The molecule has 0 unspecified atom stereocenters. The van der Waals surface area contributed by atoms with Crippen LogP contribution in [-0.2, 0) is 6.54 Å². The molecule has 1 aromatic rings. The molecular weight excluding hydrogens is 298 g/mol. The summed E-state index contributed by atoms with van der Waals surface area (Å²) in [4.78, 5) is 15.4. The lowest BCUT2D eigenvalue weighted by Gasteiger charge is -2.35. The third-order valence-corrected chi connectivity index (χ3v) is 4.36. The van der Waals surface area contributed by atoms with Gasteiger partial charge in [0.25, 0.3) is 0 Å². The van der Waals surface area contributed by atoms with E-state index in [4.69, 9.17) is 0 Å². The molecule has 0 aromatic carbocycles. The number of hydrogen-bond donors (Lipinski definition) is 1. The molecule has 22 heavy (non-hydrogen) atoms. The highest BCUT2D eigenvalue weighted by Gasteiger charge is 2.19. The number of likely N-dealkylation sites (N-methyl/N-ethyl adjacent to an activating group) is 1. The Morgan fingerprint density at radius 3 is 2.32 bits per heavy atom. The number of β-amino-alcohol motifs (C(OH)–C–C–N with tert-alkyl or cyclic N) is 1. The fourth-order valence-corrected chi connectivity index (χ4v) is 3.01. The number of aliphatic hydroxyl groups is 1. The van der Waals surface area contributed by atoms with E-state index >= 15 is 0 Å². The fourth-order valence-electron chi connectivity index (χ4n) is 2.70. The van der Waals surface area contributed by atoms with Gasteiger partial charge in [-0.2, -0.15) is 0 Å². The van der Waals surface area contributed by atoms with Crippen LogP contribution < -0.4 is 0 Å². The Labute approximate surface area is 137 Å². The van der Waals surface area contributed by atoms with E-state index in [9.17, 15) is 5.11 Å². The van der Waals surface area contributed by atoms with Gasteiger partial charge in [0.1, 0.15) is 0 Å². The molecule has 7 heteroatoms. The third-order valence-electron chi connectivity index (χ3n) is 3.78. The molecule has 0 spiro atoms. The van der Waals surface area contributed by atoms with Crippen molar-refractivity contribution < 1.29 is 5.11 Å². The quantitative estimate of drug-likeness (QED) is 0.569. The molecule has 1 fully saturated rings. The molecule has 1 atom stereocenters. The second-order valence-corrected chi connectivity index (χ2v) is 6.84. The van der Waals surface area contributed by atoms with Crippen LogP contribution in [0.2, 0.25) is 0 Å². The van der Waals surface area contributed by atoms with Crippen LogP contribution in [0.3, 0.4) is 0 Å². The Morgan fingerprint density at radius 2 is 1.77 bits per heavy atom. The van der Waals surface area contributed by atoms with Crippen LogP contribution in [0.4, 0.5) is 0 Å². The Kier molecular flexibility index (Phi) is 7.04. The van der Waals surface area contributed by atoms with Gasteiger partial charge < -0.3 is 10.0 Å². The van der Waals surface area contributed by atoms with Gasteiger partial charge in [-0.25, -0.2) is 9.97 Å². The number of thioether (sulfide) groups is 1. The van der Waals surface area contributed by atoms with Crippen molar-refractivity contribution in [3.63, 3.8) is 0 Å². The highest BCUT2D eigenvalue weighted by Crippen LogP contribution is 2.11. The maximum Gasteiger partial charge on any atom is 0.187 e. The third kappa shape index (κ3) is 5.81. The summed E-state index contributed by atoms with van der Waals surface area (Å²) < 4.78 is 0. The second kappa shape index (κ2) is 8.79. The zero-order valence-electron chi connectivity index (χ0n) is 13.8. The molecule has 1 saturated heterocycles. The summed E-state index contributed by atoms with van der Waals surface area (Å²) in [5, 5.41) is 10.8. The highest BCUT2D eigenvalue weighted by molar-refractivity contribution is 7.98. The molecule has 1 aromatic heterocycles. The summed E-state index contributed by atoms with van der Waals surface area (Å²) >= 11 is 1.56. The van der Waals surface area contributed by atoms with E-state index in [1.165, 1.54) is 5.56 Å². The van der Waals surface area contributed by atoms with Gasteiger partial charge in [0.05, 0.1) is 6.10 Å². The van der Waals surface area contributed by atoms with Crippen molar-refractivity contribution in [2.45, 2.75) is 17.8 Å². The number of aromatic nitrogens is 2. The Morgan fingerprint density at radius 1 is 1.18 bits per heavy atom. The van der Waals surface area contributed by atoms with Crippen molar-refractivity contribution in [3.05, 3.63) is 18.0 Å². The van der Waals surface area contributed by atoms with Crippen molar-refractivity contribution >= 4 is 11.8 Å². The minimum Gasteiger partial charge on any atom is -0.390 e. The number of hydrogen-bond acceptors (Lipinski definition) is 7. The van der Waals surface area contributed by atoms with Gasteiger partial charge in [-0.3, -0.25) is 9.80 Å². The molecule has 0 saturated carbocycles. The smallest absolute Gasteiger partial charge is 0.187 e. The lowest BCUT2D eigenvalue weighted by Crippen LogP contribution is -2.49. The van der Waals surface area contributed by atoms with E-state index in [1.54, 1.807) is 11.8 Å². The molecule has 1 aliphatic heterocycles. The fraction of sp³-hybridized carbons (Fsp3) is 0.733. The van der Waals surface area contributed by atoms with Crippen LogP contribution in [0, 0.1) is 0 Å². The summed E-state index contributed by atoms with van der Waals surface area (Å²) in [7, 11) is 3.98. The van der Waals surface area contributed by atoms with E-state index < -0.39 is 0 Å². The number of piperazine rings is 1. The molecular formula is C15H27N5OS. The van der Waals surface area contributed by atoms with E-state index in [0.717, 1.165) is 51.0 Å². The first-order valence-corrected chi connectivity index (χ1v) is 8.91. The Bertz CT molecular complexity index is 434. The lowest BCUT2D eigenvalue weighted by atomic mass is 10.2. The maximum absolute atomic E-state index is 10.0. The molecule has 0 aliphatic carbocycles. The first-order valence-electron chi connectivity index (χ1n) is 7.69. The van der Waals surface area contributed by atoms with E-state index in [-0.39, 0.29) is 6.10 Å². The second-order valence-electron chi connectivity index (χ2n) is 6.07. The maximum atomic E-state index is 10.0. The van der Waals surface area contributed by atoms with Crippen molar-refractivity contribution in [3.8, 4) is 0 Å². The topological polar surface area (TPSA) is 55.7 Å². The molecule has 0 bridgehead atoms. The summed E-state index contributed by atoms with van der Waals surface area (Å²) in [6.45, 7) is 6.46. The Balaban J connectivity index is 1.72. The van der Waals surface area contributed by atoms with Crippen LogP contribution in [0.1, 0.15) is 5.56 Å². The monoisotopic (exact) mass is 325 g/mol. The van der Waals surface area contributed by atoms with Crippen molar-refractivity contribution in [2.24, 2.45) is 0 Å². The first kappa shape index (κ1) is 17.6. The molecule has 2 rings (SSSR count). The first-order chi connectivity index (χ1) is 10.6. The van der Waals surface area contributed by atoms with Gasteiger partial charge in [-0.1, -0.05) is 11.8 Å². The van der Waals surface area contributed by atoms with E-state index in [1.807, 2.05) is 37.6 Å². The molecule has 1 aliphatic rings. The predicted molar refractivity (Wildman–Crippen MR) is 90.1 cm³/mol. The zero-order valence-corrected chi connectivity index (χ0v) is 14.6. The summed E-state index contributed by atoms with van der Waals surface area (Å²) in [5.74, 6) is 0. The van der Waals surface area contributed by atoms with Gasteiger partial charge in [-0.15, -0.1) is 0 Å². The van der Waals surface area contributed by atoms with E-state index in [0.29, 0.717) is 0 Å². The van der Waals surface area contributed by atoms with Crippen LogP contribution in [0.15, 0.2) is 17.6 Å². The number of rotatable bonds is 7. The molecule has 0 amide bonds. The van der Waals surface area contributed by atoms with E-state index in [2.05, 4.69) is 19.8 Å². The number of nitrogens with zero attached hydrogens (tertiary/aromatic N) is 5. The molecule has 0 radical (unpaired) electrons. The average Bonchev–Trinajstić information content (AvgIpc) is 2.49. The molecule has 1 N–H and O–H groups in total.